The Morgan fingerprint density at radius 2 is 1.31 bits per heavy atom. The van der Waals surface area contributed by atoms with Gasteiger partial charge in [-0.15, -0.1) is 0 Å². The number of rotatable bonds is 3. The minimum Gasteiger partial charge on any atom is -0.507 e. The molecule has 0 bridgehead atoms. The van der Waals surface area contributed by atoms with Gasteiger partial charge in [-0.2, -0.15) is 0 Å². The van der Waals surface area contributed by atoms with Crippen molar-refractivity contribution in [1.29, 1.82) is 0 Å². The van der Waals surface area contributed by atoms with Crippen LogP contribution in [-0.2, 0) is 16.4 Å². The predicted octanol–water partition coefficient (Wildman–Crippen LogP) is 4.84. The number of aromatic hydroxyl groups is 1. The number of phenolic OH excluding ortho intramolecular Hbond substituents is 1. The van der Waals surface area contributed by atoms with Crippen molar-refractivity contribution in [2.75, 3.05) is 0 Å². The molecule has 0 heterocycles. The van der Waals surface area contributed by atoms with Gasteiger partial charge in [0.2, 0.25) is 0 Å². The Hall–Kier alpha value is -1.37. The standard InChI is InChI=1S/C23H33O2P/c1-21(2,3)15-13-17(22(4,5)6)20(24)19(14-15)26-18-12-10-9-11-16(18)23(7,8)25/h9-14,24-26H,1-8H3. The molecule has 142 valence electrons. The zero-order chi connectivity index (χ0) is 19.9. The predicted molar refractivity (Wildman–Crippen MR) is 115 cm³/mol. The number of aliphatic hydroxyl groups is 1. The van der Waals surface area contributed by atoms with E-state index >= 15 is 0 Å². The first kappa shape index (κ1) is 20.9. The van der Waals surface area contributed by atoms with Crippen LogP contribution >= 0.6 is 8.58 Å². The Kier molecular flexibility index (Phi) is 5.62. The van der Waals surface area contributed by atoms with Gasteiger partial charge in [-0.3, -0.25) is 0 Å². The average molecular weight is 372 g/mol. The maximum absolute atomic E-state index is 11.0. The maximum atomic E-state index is 11.0. The van der Waals surface area contributed by atoms with Crippen molar-refractivity contribution < 1.29 is 10.2 Å². The normalized spacial score (nSPS) is 13.6. The van der Waals surface area contributed by atoms with Crippen LogP contribution in [-0.4, -0.2) is 10.2 Å². The molecule has 2 nitrogen and oxygen atoms in total. The summed E-state index contributed by atoms with van der Waals surface area (Å²) >= 11 is 0. The van der Waals surface area contributed by atoms with Crippen molar-refractivity contribution in [3.63, 3.8) is 0 Å². The smallest absolute Gasteiger partial charge is 0.127 e. The van der Waals surface area contributed by atoms with E-state index in [4.69, 9.17) is 0 Å². The fourth-order valence-corrected chi connectivity index (χ4v) is 4.48. The lowest BCUT2D eigenvalue weighted by Gasteiger charge is -2.28. The zero-order valence-corrected chi connectivity index (χ0v) is 18.4. The lowest BCUT2D eigenvalue weighted by Crippen LogP contribution is -2.25. The fourth-order valence-electron chi connectivity index (χ4n) is 3.01. The van der Waals surface area contributed by atoms with Gasteiger partial charge in [0.15, 0.2) is 0 Å². The molecule has 3 heteroatoms. The molecule has 0 amide bonds. The summed E-state index contributed by atoms with van der Waals surface area (Å²) < 4.78 is 0. The van der Waals surface area contributed by atoms with Crippen molar-refractivity contribution in [2.24, 2.45) is 0 Å². The van der Waals surface area contributed by atoms with Crippen LogP contribution in [0, 0.1) is 0 Å². The van der Waals surface area contributed by atoms with E-state index in [1.54, 1.807) is 0 Å². The highest BCUT2D eigenvalue weighted by Gasteiger charge is 2.26. The van der Waals surface area contributed by atoms with Gasteiger partial charge in [0.05, 0.1) is 5.60 Å². The molecule has 2 aromatic rings. The molecule has 2 aromatic carbocycles. The van der Waals surface area contributed by atoms with Crippen molar-refractivity contribution in [3.8, 4) is 5.75 Å². The summed E-state index contributed by atoms with van der Waals surface area (Å²) in [5, 5.41) is 23.6. The Morgan fingerprint density at radius 3 is 1.81 bits per heavy atom. The molecule has 0 aromatic heterocycles. The molecule has 0 radical (unpaired) electrons. The van der Waals surface area contributed by atoms with Crippen molar-refractivity contribution in [2.45, 2.75) is 71.8 Å². The molecule has 0 aliphatic carbocycles. The lowest BCUT2D eigenvalue weighted by molar-refractivity contribution is 0.0797. The van der Waals surface area contributed by atoms with E-state index in [1.165, 1.54) is 5.56 Å². The highest BCUT2D eigenvalue weighted by Crippen LogP contribution is 2.37. The second-order valence-electron chi connectivity index (χ2n) is 9.65. The number of hydrogen-bond donors (Lipinski definition) is 2. The molecule has 1 atom stereocenters. The summed E-state index contributed by atoms with van der Waals surface area (Å²) in [5.74, 6) is 0.384. The van der Waals surface area contributed by atoms with Crippen LogP contribution in [0.1, 0.15) is 72.1 Å². The second-order valence-corrected chi connectivity index (χ2v) is 11.0. The quantitative estimate of drug-likeness (QED) is 0.757. The third-order valence-electron chi connectivity index (χ3n) is 4.64. The summed E-state index contributed by atoms with van der Waals surface area (Å²) in [6, 6.07) is 12.2. The molecular weight excluding hydrogens is 339 g/mol. The van der Waals surface area contributed by atoms with E-state index in [0.717, 1.165) is 21.7 Å². The van der Waals surface area contributed by atoms with Gasteiger partial charge in [0, 0.05) is 10.9 Å². The molecule has 2 rings (SSSR count). The van der Waals surface area contributed by atoms with E-state index < -0.39 is 5.60 Å². The molecule has 2 N–H and O–H groups in total. The molecule has 26 heavy (non-hydrogen) atoms. The van der Waals surface area contributed by atoms with Crippen LogP contribution in [0.25, 0.3) is 0 Å². The molecule has 0 saturated heterocycles. The third-order valence-corrected chi connectivity index (χ3v) is 6.00. The van der Waals surface area contributed by atoms with Gasteiger partial charge in [-0.25, -0.2) is 0 Å². The Balaban J connectivity index is 2.64. The number of hydrogen-bond acceptors (Lipinski definition) is 2. The largest absolute Gasteiger partial charge is 0.507 e. The minimum atomic E-state index is -0.909. The van der Waals surface area contributed by atoms with Crippen LogP contribution in [0.2, 0.25) is 0 Å². The third kappa shape index (κ3) is 4.67. The van der Waals surface area contributed by atoms with E-state index in [-0.39, 0.29) is 19.4 Å². The summed E-state index contributed by atoms with van der Waals surface area (Å²) in [6.07, 6.45) is 0. The van der Waals surface area contributed by atoms with Crippen LogP contribution in [0.3, 0.4) is 0 Å². The highest BCUT2D eigenvalue weighted by molar-refractivity contribution is 7.55. The van der Waals surface area contributed by atoms with Gasteiger partial charge in [-0.05, 0) is 47.2 Å². The van der Waals surface area contributed by atoms with Gasteiger partial charge >= 0.3 is 0 Å². The number of benzene rings is 2. The van der Waals surface area contributed by atoms with E-state index in [9.17, 15) is 10.2 Å². The van der Waals surface area contributed by atoms with Gasteiger partial charge in [0.25, 0.3) is 0 Å². The van der Waals surface area contributed by atoms with E-state index in [2.05, 4.69) is 53.7 Å². The van der Waals surface area contributed by atoms with E-state index in [1.807, 2.05) is 38.1 Å². The molecule has 0 aliphatic heterocycles. The summed E-state index contributed by atoms with van der Waals surface area (Å²) in [7, 11) is 0.289. The van der Waals surface area contributed by atoms with Gasteiger partial charge in [-0.1, -0.05) is 80.5 Å². The summed E-state index contributed by atoms with van der Waals surface area (Å²) in [4.78, 5) is 0. The monoisotopic (exact) mass is 372 g/mol. The van der Waals surface area contributed by atoms with Crippen LogP contribution in [0.4, 0.5) is 0 Å². The Morgan fingerprint density at radius 1 is 0.731 bits per heavy atom. The second kappa shape index (κ2) is 6.98. The molecule has 1 unspecified atom stereocenters. The fraction of sp³-hybridized carbons (Fsp3) is 0.478. The zero-order valence-electron chi connectivity index (χ0n) is 17.4. The topological polar surface area (TPSA) is 40.5 Å². The van der Waals surface area contributed by atoms with Crippen LogP contribution in [0.15, 0.2) is 36.4 Å². The first-order valence-corrected chi connectivity index (χ1v) is 10.2. The molecule has 0 spiro atoms. The molecule has 0 saturated carbocycles. The van der Waals surface area contributed by atoms with Crippen LogP contribution in [0.5, 0.6) is 5.75 Å². The minimum absolute atomic E-state index is 0.00268. The number of phenols is 1. The van der Waals surface area contributed by atoms with Crippen molar-refractivity contribution in [1.82, 2.24) is 0 Å². The lowest BCUT2D eigenvalue weighted by atomic mass is 9.80. The summed E-state index contributed by atoms with van der Waals surface area (Å²) in [5.41, 5.74) is 2.07. The van der Waals surface area contributed by atoms with Gasteiger partial charge in [0.1, 0.15) is 5.75 Å². The summed E-state index contributed by atoms with van der Waals surface area (Å²) in [6.45, 7) is 16.6. The molecular formula is C23H33O2P. The molecule has 0 aliphatic rings. The molecule has 0 fully saturated rings. The maximum Gasteiger partial charge on any atom is 0.127 e. The first-order chi connectivity index (χ1) is 11.7. The van der Waals surface area contributed by atoms with Crippen molar-refractivity contribution in [3.05, 3.63) is 53.1 Å². The highest BCUT2D eigenvalue weighted by atomic mass is 31.1. The van der Waals surface area contributed by atoms with Crippen LogP contribution < -0.4 is 10.6 Å². The Bertz CT molecular complexity index is 787. The first-order valence-electron chi connectivity index (χ1n) is 9.18. The SMILES string of the molecule is CC(C)(C)c1cc(Pc2ccccc2C(C)(C)O)c(O)c(C(C)(C)C)c1. The van der Waals surface area contributed by atoms with Crippen molar-refractivity contribution >= 4 is 19.2 Å². The van der Waals surface area contributed by atoms with E-state index in [0.29, 0.717) is 5.75 Å². The Labute approximate surface area is 160 Å². The van der Waals surface area contributed by atoms with Gasteiger partial charge < -0.3 is 10.2 Å². The average Bonchev–Trinajstić information content (AvgIpc) is 2.46.